The first kappa shape index (κ1) is 15.4. The van der Waals surface area contributed by atoms with Crippen molar-refractivity contribution in [1.29, 1.82) is 0 Å². The molecule has 0 amide bonds. The highest BCUT2D eigenvalue weighted by Gasteiger charge is 1.99. The monoisotopic (exact) mass is 307 g/mol. The maximum atomic E-state index is 5.86. The van der Waals surface area contributed by atoms with Gasteiger partial charge in [-0.3, -0.25) is 0 Å². The lowest BCUT2D eigenvalue weighted by molar-refractivity contribution is 0.306. The average Bonchev–Trinajstić information content (AvgIpc) is 3.12. The molecule has 0 fully saturated rings. The highest BCUT2D eigenvalue weighted by atomic mass is 16.5. The van der Waals surface area contributed by atoms with Gasteiger partial charge in [0, 0.05) is 0 Å². The molecule has 0 aliphatic rings. The van der Waals surface area contributed by atoms with Gasteiger partial charge in [0.2, 0.25) is 0 Å². The molecule has 3 nitrogen and oxygen atoms in total. The Morgan fingerprint density at radius 3 is 2.57 bits per heavy atom. The van der Waals surface area contributed by atoms with E-state index in [0.29, 0.717) is 6.61 Å². The van der Waals surface area contributed by atoms with Crippen LogP contribution in [0.25, 0.3) is 0 Å². The van der Waals surface area contributed by atoms with Gasteiger partial charge in [-0.15, -0.1) is 0 Å². The van der Waals surface area contributed by atoms with E-state index in [0.717, 1.165) is 31.0 Å². The standard InChI is InChI=1S/C20H21NO2/c1-2-6-18(7-3-1)16-23-19-9-4-8-17(14-19)11-12-21-15-20-10-5-13-22-20/h1-10,13-14,21H,11-12,15-16H2. The van der Waals surface area contributed by atoms with Gasteiger partial charge in [0.1, 0.15) is 18.1 Å². The van der Waals surface area contributed by atoms with E-state index in [4.69, 9.17) is 9.15 Å². The molecular formula is C20H21NO2. The third-order valence-electron chi connectivity index (χ3n) is 3.62. The van der Waals surface area contributed by atoms with E-state index in [-0.39, 0.29) is 0 Å². The molecule has 0 saturated heterocycles. The summed E-state index contributed by atoms with van der Waals surface area (Å²) >= 11 is 0. The molecule has 1 N–H and O–H groups in total. The minimum absolute atomic E-state index is 0.598. The normalized spacial score (nSPS) is 10.6. The fourth-order valence-electron chi connectivity index (χ4n) is 2.39. The maximum Gasteiger partial charge on any atom is 0.120 e. The molecule has 3 heteroatoms. The van der Waals surface area contributed by atoms with Crippen LogP contribution in [0.15, 0.2) is 77.4 Å². The molecular weight excluding hydrogens is 286 g/mol. The van der Waals surface area contributed by atoms with Gasteiger partial charge in [0.25, 0.3) is 0 Å². The molecule has 0 atom stereocenters. The summed E-state index contributed by atoms with van der Waals surface area (Å²) in [5.74, 6) is 1.88. The molecule has 3 rings (SSSR count). The Bertz CT molecular complexity index is 693. The number of ether oxygens (including phenoxy) is 1. The van der Waals surface area contributed by atoms with Crippen LogP contribution in [0.5, 0.6) is 5.75 Å². The van der Waals surface area contributed by atoms with Crippen molar-refractivity contribution < 1.29 is 9.15 Å². The summed E-state index contributed by atoms with van der Waals surface area (Å²) in [6.45, 7) is 2.26. The lowest BCUT2D eigenvalue weighted by atomic mass is 10.1. The Morgan fingerprint density at radius 1 is 0.870 bits per heavy atom. The van der Waals surface area contributed by atoms with E-state index in [1.807, 2.05) is 42.5 Å². The minimum atomic E-state index is 0.598. The van der Waals surface area contributed by atoms with Gasteiger partial charge < -0.3 is 14.5 Å². The van der Waals surface area contributed by atoms with E-state index >= 15 is 0 Å². The summed E-state index contributed by atoms with van der Waals surface area (Å²) in [6.07, 6.45) is 2.66. The van der Waals surface area contributed by atoms with E-state index in [9.17, 15) is 0 Å². The van der Waals surface area contributed by atoms with Gasteiger partial charge in [0.05, 0.1) is 12.8 Å². The Hall–Kier alpha value is -2.52. The maximum absolute atomic E-state index is 5.86. The first-order valence-electron chi connectivity index (χ1n) is 7.89. The second-order valence-electron chi connectivity index (χ2n) is 5.43. The summed E-state index contributed by atoms with van der Waals surface area (Å²) in [4.78, 5) is 0. The van der Waals surface area contributed by atoms with Gasteiger partial charge in [0.15, 0.2) is 0 Å². The van der Waals surface area contributed by atoms with E-state index in [2.05, 4.69) is 29.6 Å². The van der Waals surface area contributed by atoms with Crippen LogP contribution in [0.2, 0.25) is 0 Å². The summed E-state index contributed by atoms with van der Waals surface area (Å²) in [6, 6.07) is 22.4. The number of nitrogens with one attached hydrogen (secondary N) is 1. The van der Waals surface area contributed by atoms with Crippen molar-refractivity contribution >= 4 is 0 Å². The van der Waals surface area contributed by atoms with Crippen molar-refractivity contribution in [3.63, 3.8) is 0 Å². The van der Waals surface area contributed by atoms with Crippen molar-refractivity contribution in [2.24, 2.45) is 0 Å². The minimum Gasteiger partial charge on any atom is -0.489 e. The van der Waals surface area contributed by atoms with Crippen LogP contribution < -0.4 is 10.1 Å². The number of rotatable bonds is 8. The summed E-state index contributed by atoms with van der Waals surface area (Å²) in [5.41, 5.74) is 2.44. The van der Waals surface area contributed by atoms with Crippen molar-refractivity contribution in [2.75, 3.05) is 6.54 Å². The molecule has 2 aromatic carbocycles. The third kappa shape index (κ3) is 5.01. The Labute approximate surface area is 136 Å². The van der Waals surface area contributed by atoms with Crippen molar-refractivity contribution in [3.8, 4) is 5.75 Å². The zero-order chi connectivity index (χ0) is 15.7. The fraction of sp³-hybridized carbons (Fsp3) is 0.200. The summed E-state index contributed by atoms with van der Waals surface area (Å²) < 4.78 is 11.2. The second kappa shape index (κ2) is 8.20. The first-order chi connectivity index (χ1) is 11.4. The van der Waals surface area contributed by atoms with Crippen LogP contribution in [0, 0.1) is 0 Å². The first-order valence-corrected chi connectivity index (χ1v) is 7.89. The van der Waals surface area contributed by atoms with Gasteiger partial charge in [-0.25, -0.2) is 0 Å². The molecule has 1 aromatic heterocycles. The predicted octanol–water partition coefficient (Wildman–Crippen LogP) is 4.19. The van der Waals surface area contributed by atoms with Crippen LogP contribution in [-0.4, -0.2) is 6.54 Å². The molecule has 0 unspecified atom stereocenters. The zero-order valence-electron chi connectivity index (χ0n) is 13.1. The number of hydrogen-bond donors (Lipinski definition) is 1. The zero-order valence-corrected chi connectivity index (χ0v) is 13.1. The van der Waals surface area contributed by atoms with Gasteiger partial charge in [-0.05, 0) is 48.4 Å². The second-order valence-corrected chi connectivity index (χ2v) is 5.43. The molecule has 23 heavy (non-hydrogen) atoms. The quantitative estimate of drug-likeness (QED) is 0.634. The van der Waals surface area contributed by atoms with Crippen LogP contribution in [0.3, 0.4) is 0 Å². The van der Waals surface area contributed by atoms with Crippen LogP contribution >= 0.6 is 0 Å². The SMILES string of the molecule is c1ccc(COc2cccc(CCNCc3ccco3)c2)cc1. The topological polar surface area (TPSA) is 34.4 Å². The smallest absolute Gasteiger partial charge is 0.120 e. The van der Waals surface area contributed by atoms with Crippen LogP contribution in [0.1, 0.15) is 16.9 Å². The largest absolute Gasteiger partial charge is 0.489 e. The predicted molar refractivity (Wildman–Crippen MR) is 91.3 cm³/mol. The number of hydrogen-bond acceptors (Lipinski definition) is 3. The number of furan rings is 1. The molecule has 0 spiro atoms. The van der Waals surface area contributed by atoms with E-state index < -0.39 is 0 Å². The summed E-state index contributed by atoms with van der Waals surface area (Å²) in [7, 11) is 0. The third-order valence-corrected chi connectivity index (χ3v) is 3.62. The Morgan fingerprint density at radius 2 is 1.74 bits per heavy atom. The molecule has 118 valence electrons. The molecule has 0 radical (unpaired) electrons. The molecule has 0 aliphatic carbocycles. The van der Waals surface area contributed by atoms with Crippen LogP contribution in [-0.2, 0) is 19.6 Å². The van der Waals surface area contributed by atoms with Gasteiger partial charge >= 0.3 is 0 Å². The lowest BCUT2D eigenvalue weighted by Crippen LogP contribution is -2.16. The Balaban J connectivity index is 1.45. The van der Waals surface area contributed by atoms with E-state index in [1.165, 1.54) is 11.1 Å². The molecule has 0 saturated carbocycles. The van der Waals surface area contributed by atoms with Gasteiger partial charge in [-0.1, -0.05) is 42.5 Å². The highest BCUT2D eigenvalue weighted by Crippen LogP contribution is 2.15. The molecule has 1 heterocycles. The van der Waals surface area contributed by atoms with Crippen LogP contribution in [0.4, 0.5) is 0 Å². The van der Waals surface area contributed by atoms with E-state index in [1.54, 1.807) is 6.26 Å². The van der Waals surface area contributed by atoms with Crippen molar-refractivity contribution in [1.82, 2.24) is 5.32 Å². The lowest BCUT2D eigenvalue weighted by Gasteiger charge is -2.08. The Kier molecular flexibility index (Phi) is 5.48. The summed E-state index contributed by atoms with van der Waals surface area (Å²) in [5, 5.41) is 3.38. The number of benzene rings is 2. The fourth-order valence-corrected chi connectivity index (χ4v) is 2.39. The molecule has 0 bridgehead atoms. The average molecular weight is 307 g/mol. The molecule has 0 aliphatic heterocycles. The van der Waals surface area contributed by atoms with Crippen molar-refractivity contribution in [2.45, 2.75) is 19.6 Å². The van der Waals surface area contributed by atoms with Crippen molar-refractivity contribution in [3.05, 3.63) is 89.9 Å². The van der Waals surface area contributed by atoms with Gasteiger partial charge in [-0.2, -0.15) is 0 Å². The molecule has 3 aromatic rings. The highest BCUT2D eigenvalue weighted by molar-refractivity contribution is 5.29.